The van der Waals surface area contributed by atoms with Crippen molar-refractivity contribution in [2.24, 2.45) is 0 Å². The largest absolute Gasteiger partial charge is 0.294 e. The Bertz CT molecular complexity index is 696. The highest BCUT2D eigenvalue weighted by Crippen LogP contribution is 2.19. The number of rotatable bonds is 3. The lowest BCUT2D eigenvalue weighted by atomic mass is 10.1. The lowest BCUT2D eigenvalue weighted by molar-refractivity contribution is 0.0927. The molecule has 0 unspecified atom stereocenters. The first-order valence-corrected chi connectivity index (χ1v) is 6.27. The smallest absolute Gasteiger partial charge is 0.262 e. The molecule has 20 heavy (non-hydrogen) atoms. The summed E-state index contributed by atoms with van der Waals surface area (Å²) in [4.78, 5) is 35.8. The number of aromatic nitrogens is 1. The van der Waals surface area contributed by atoms with E-state index in [0.717, 1.165) is 0 Å². The maximum Gasteiger partial charge on any atom is 0.262 e. The molecule has 0 spiro atoms. The summed E-state index contributed by atoms with van der Waals surface area (Å²) in [5, 5.41) is 0. The zero-order chi connectivity index (χ0) is 14.9. The lowest BCUT2D eigenvalue weighted by Gasteiger charge is -2.06. The van der Waals surface area contributed by atoms with Crippen molar-refractivity contribution in [1.29, 1.82) is 0 Å². The summed E-state index contributed by atoms with van der Waals surface area (Å²) in [5.74, 6) is -0.713. The van der Waals surface area contributed by atoms with Crippen LogP contribution in [0.2, 0.25) is 0 Å². The molecular formula is C16H15NO3. The number of carbonyl (C=O) groups excluding carboxylic acids is 3. The molecule has 0 bridgehead atoms. The molecule has 0 saturated heterocycles. The molecule has 1 aromatic heterocycles. The molecule has 0 aliphatic rings. The van der Waals surface area contributed by atoms with Gasteiger partial charge in [-0.1, -0.05) is 18.2 Å². The van der Waals surface area contributed by atoms with E-state index in [0.29, 0.717) is 16.7 Å². The van der Waals surface area contributed by atoms with Crippen LogP contribution in [0.25, 0.3) is 0 Å². The third-order valence-corrected chi connectivity index (χ3v) is 3.21. The van der Waals surface area contributed by atoms with Gasteiger partial charge in [-0.3, -0.25) is 19.0 Å². The van der Waals surface area contributed by atoms with Crippen molar-refractivity contribution >= 4 is 17.5 Å². The fourth-order valence-electron chi connectivity index (χ4n) is 2.27. The van der Waals surface area contributed by atoms with Gasteiger partial charge in [0.2, 0.25) is 0 Å². The topological polar surface area (TPSA) is 56.1 Å². The Morgan fingerprint density at radius 1 is 0.950 bits per heavy atom. The fourth-order valence-corrected chi connectivity index (χ4v) is 2.27. The van der Waals surface area contributed by atoms with Crippen LogP contribution in [0.3, 0.4) is 0 Å². The molecule has 0 saturated carbocycles. The monoisotopic (exact) mass is 269 g/mol. The highest BCUT2D eigenvalue weighted by Gasteiger charge is 2.22. The van der Waals surface area contributed by atoms with Gasteiger partial charge in [0.15, 0.2) is 11.6 Å². The lowest BCUT2D eigenvalue weighted by Crippen LogP contribution is -2.16. The van der Waals surface area contributed by atoms with Crippen molar-refractivity contribution in [3.63, 3.8) is 0 Å². The average molecular weight is 269 g/mol. The minimum Gasteiger partial charge on any atom is -0.294 e. The maximum absolute atomic E-state index is 12.5. The second-order valence-electron chi connectivity index (χ2n) is 4.67. The van der Waals surface area contributed by atoms with Crippen LogP contribution < -0.4 is 0 Å². The first-order valence-electron chi connectivity index (χ1n) is 6.27. The molecule has 0 radical (unpaired) electrons. The Morgan fingerprint density at radius 2 is 1.55 bits per heavy atom. The van der Waals surface area contributed by atoms with E-state index < -0.39 is 0 Å². The van der Waals surface area contributed by atoms with Gasteiger partial charge in [0.1, 0.15) is 0 Å². The molecule has 0 fully saturated rings. The Kier molecular flexibility index (Phi) is 3.66. The van der Waals surface area contributed by atoms with E-state index in [1.165, 1.54) is 24.6 Å². The Balaban J connectivity index is 2.62. The van der Waals surface area contributed by atoms with Crippen molar-refractivity contribution in [3.05, 3.63) is 58.9 Å². The average Bonchev–Trinajstić information content (AvgIpc) is 2.76. The van der Waals surface area contributed by atoms with Gasteiger partial charge >= 0.3 is 0 Å². The Labute approximate surface area is 117 Å². The predicted molar refractivity (Wildman–Crippen MR) is 75.3 cm³/mol. The van der Waals surface area contributed by atoms with Crippen LogP contribution in [-0.2, 0) is 0 Å². The summed E-state index contributed by atoms with van der Waals surface area (Å²) >= 11 is 0. The van der Waals surface area contributed by atoms with Gasteiger partial charge in [-0.05, 0) is 31.5 Å². The van der Waals surface area contributed by atoms with E-state index in [9.17, 15) is 14.4 Å². The SMILES string of the molecule is CC(=O)c1cn(C(=O)c2ccccc2)c(C(C)=O)c1C. The number of nitrogens with zero attached hydrogens (tertiary/aromatic N) is 1. The third kappa shape index (κ3) is 2.32. The van der Waals surface area contributed by atoms with E-state index in [1.807, 2.05) is 6.07 Å². The van der Waals surface area contributed by atoms with Crippen molar-refractivity contribution in [2.75, 3.05) is 0 Å². The van der Waals surface area contributed by atoms with Crippen LogP contribution in [0.15, 0.2) is 36.5 Å². The first kappa shape index (κ1) is 13.9. The van der Waals surface area contributed by atoms with Crippen molar-refractivity contribution in [1.82, 2.24) is 4.57 Å². The van der Waals surface area contributed by atoms with Gasteiger partial charge < -0.3 is 0 Å². The first-order chi connectivity index (χ1) is 9.43. The zero-order valence-corrected chi connectivity index (χ0v) is 11.6. The Hall–Kier alpha value is -2.49. The summed E-state index contributed by atoms with van der Waals surface area (Å²) in [7, 11) is 0. The number of carbonyl (C=O) groups is 3. The summed E-state index contributed by atoms with van der Waals surface area (Å²) in [6.07, 6.45) is 1.45. The van der Waals surface area contributed by atoms with Crippen molar-refractivity contribution in [2.45, 2.75) is 20.8 Å². The highest BCUT2D eigenvalue weighted by molar-refractivity contribution is 6.07. The van der Waals surface area contributed by atoms with Gasteiger partial charge in [0.25, 0.3) is 5.91 Å². The molecule has 1 heterocycles. The van der Waals surface area contributed by atoms with Crippen LogP contribution in [-0.4, -0.2) is 22.0 Å². The van der Waals surface area contributed by atoms with E-state index in [4.69, 9.17) is 0 Å². The van der Waals surface area contributed by atoms with Crippen LogP contribution >= 0.6 is 0 Å². The number of hydrogen-bond donors (Lipinski definition) is 0. The van der Waals surface area contributed by atoms with Gasteiger partial charge in [-0.2, -0.15) is 0 Å². The van der Waals surface area contributed by atoms with Crippen molar-refractivity contribution in [3.8, 4) is 0 Å². The molecule has 0 aliphatic carbocycles. The van der Waals surface area contributed by atoms with Gasteiger partial charge in [-0.15, -0.1) is 0 Å². The number of ketones is 2. The molecule has 4 nitrogen and oxygen atoms in total. The second kappa shape index (κ2) is 5.25. The molecule has 4 heteroatoms. The third-order valence-electron chi connectivity index (χ3n) is 3.21. The van der Waals surface area contributed by atoms with E-state index in [-0.39, 0.29) is 23.2 Å². The highest BCUT2D eigenvalue weighted by atomic mass is 16.2. The van der Waals surface area contributed by atoms with Gasteiger partial charge in [0.05, 0.1) is 5.69 Å². The zero-order valence-electron chi connectivity index (χ0n) is 11.6. The standard InChI is InChI=1S/C16H15NO3/c1-10-14(11(2)18)9-17(15(10)12(3)19)16(20)13-7-5-4-6-8-13/h4-9H,1-3H3. The van der Waals surface area contributed by atoms with Gasteiger partial charge in [-0.25, -0.2) is 0 Å². The van der Waals surface area contributed by atoms with Crippen LogP contribution in [0.1, 0.15) is 50.6 Å². The predicted octanol–water partition coefficient (Wildman–Crippen LogP) is 2.89. The minimum absolute atomic E-state index is 0.162. The number of Topliss-reactive ketones (excluding diaryl/α,β-unsaturated/α-hetero) is 2. The molecule has 102 valence electrons. The van der Waals surface area contributed by atoms with E-state index in [1.54, 1.807) is 31.2 Å². The van der Waals surface area contributed by atoms with Crippen LogP contribution in [0.5, 0.6) is 0 Å². The Morgan fingerprint density at radius 3 is 2.05 bits per heavy atom. The summed E-state index contributed by atoms with van der Waals surface area (Å²) < 4.78 is 1.27. The van der Waals surface area contributed by atoms with Gasteiger partial charge in [0, 0.05) is 24.2 Å². The molecular weight excluding hydrogens is 254 g/mol. The molecule has 2 rings (SSSR count). The normalized spacial score (nSPS) is 10.3. The summed E-state index contributed by atoms with van der Waals surface area (Å²) in [6.45, 7) is 4.49. The molecule has 0 amide bonds. The minimum atomic E-state index is -0.314. The van der Waals surface area contributed by atoms with E-state index in [2.05, 4.69) is 0 Å². The summed E-state index contributed by atoms with van der Waals surface area (Å²) in [6, 6.07) is 8.67. The molecule has 1 aromatic carbocycles. The fraction of sp³-hybridized carbons (Fsp3) is 0.188. The summed E-state index contributed by atoms with van der Waals surface area (Å²) in [5.41, 5.74) is 1.69. The second-order valence-corrected chi connectivity index (χ2v) is 4.67. The van der Waals surface area contributed by atoms with Crippen molar-refractivity contribution < 1.29 is 14.4 Å². The molecule has 0 N–H and O–H groups in total. The molecule has 2 aromatic rings. The maximum atomic E-state index is 12.5. The van der Waals surface area contributed by atoms with Crippen LogP contribution in [0.4, 0.5) is 0 Å². The quantitative estimate of drug-likeness (QED) is 0.805. The van der Waals surface area contributed by atoms with Crippen LogP contribution in [0, 0.1) is 6.92 Å². The number of benzene rings is 1. The molecule has 0 atom stereocenters. The van der Waals surface area contributed by atoms with E-state index >= 15 is 0 Å². The number of hydrogen-bond acceptors (Lipinski definition) is 3. The molecule has 0 aliphatic heterocycles.